The number of hydrogen-bond donors (Lipinski definition) is 0. The number of pyridine rings is 1. The SMILES string of the molecule is C=C(OCC)c1cccc(Cc2cc(Cl)ccc2OCC(C)C)n1. The van der Waals surface area contributed by atoms with Crippen molar-refractivity contribution in [1.82, 2.24) is 4.98 Å². The topological polar surface area (TPSA) is 31.4 Å². The van der Waals surface area contributed by atoms with Crippen LogP contribution in [0, 0.1) is 5.92 Å². The van der Waals surface area contributed by atoms with Gasteiger partial charge in [0.1, 0.15) is 17.2 Å². The standard InChI is InChI=1S/C20H24ClNO2/c1-5-23-15(4)19-8-6-7-18(22-19)12-16-11-17(21)9-10-20(16)24-13-14(2)3/h6-11,14H,4-5,12-13H2,1-3H3. The van der Waals surface area contributed by atoms with Crippen LogP contribution in [0.3, 0.4) is 0 Å². The molecule has 0 amide bonds. The van der Waals surface area contributed by atoms with E-state index in [0.717, 1.165) is 22.7 Å². The second-order valence-electron chi connectivity index (χ2n) is 6.00. The maximum absolute atomic E-state index is 6.16. The normalized spacial score (nSPS) is 10.7. The van der Waals surface area contributed by atoms with Gasteiger partial charge in [-0.15, -0.1) is 0 Å². The van der Waals surface area contributed by atoms with Gasteiger partial charge in [-0.3, -0.25) is 0 Å². The van der Waals surface area contributed by atoms with E-state index in [-0.39, 0.29) is 0 Å². The van der Waals surface area contributed by atoms with Crippen molar-refractivity contribution < 1.29 is 9.47 Å². The second kappa shape index (κ2) is 8.74. The highest BCUT2D eigenvalue weighted by Gasteiger charge is 2.09. The Balaban J connectivity index is 2.22. The molecule has 2 rings (SSSR count). The monoisotopic (exact) mass is 345 g/mol. The third kappa shape index (κ3) is 5.27. The molecule has 128 valence electrons. The predicted molar refractivity (Wildman–Crippen MR) is 99.5 cm³/mol. The largest absolute Gasteiger partial charge is 0.493 e. The van der Waals surface area contributed by atoms with Crippen molar-refractivity contribution in [3.8, 4) is 5.75 Å². The zero-order valence-electron chi connectivity index (χ0n) is 14.5. The summed E-state index contributed by atoms with van der Waals surface area (Å²) in [5.41, 5.74) is 2.70. The van der Waals surface area contributed by atoms with Gasteiger partial charge in [0.15, 0.2) is 0 Å². The molecule has 0 spiro atoms. The Kier molecular flexibility index (Phi) is 6.68. The van der Waals surface area contributed by atoms with Gasteiger partial charge in [-0.05, 0) is 43.2 Å². The molecule has 0 N–H and O–H groups in total. The highest BCUT2D eigenvalue weighted by Crippen LogP contribution is 2.26. The lowest BCUT2D eigenvalue weighted by Gasteiger charge is -2.14. The first kappa shape index (κ1) is 18.3. The minimum absolute atomic E-state index is 0.462. The molecule has 1 heterocycles. The summed E-state index contributed by atoms with van der Waals surface area (Å²) >= 11 is 6.16. The Morgan fingerprint density at radius 1 is 1.25 bits per heavy atom. The second-order valence-corrected chi connectivity index (χ2v) is 6.44. The van der Waals surface area contributed by atoms with E-state index in [0.29, 0.717) is 36.3 Å². The van der Waals surface area contributed by atoms with E-state index in [9.17, 15) is 0 Å². The van der Waals surface area contributed by atoms with E-state index in [1.807, 2.05) is 43.3 Å². The number of aromatic nitrogens is 1. The molecule has 3 nitrogen and oxygen atoms in total. The number of benzene rings is 1. The summed E-state index contributed by atoms with van der Waals surface area (Å²) in [5, 5.41) is 0.691. The summed E-state index contributed by atoms with van der Waals surface area (Å²) in [6.07, 6.45) is 0.640. The summed E-state index contributed by atoms with van der Waals surface area (Å²) in [6.45, 7) is 11.3. The van der Waals surface area contributed by atoms with Crippen molar-refractivity contribution in [3.63, 3.8) is 0 Å². The minimum Gasteiger partial charge on any atom is -0.493 e. The first-order chi connectivity index (χ1) is 11.5. The Bertz CT molecular complexity index is 698. The molecular weight excluding hydrogens is 322 g/mol. The predicted octanol–water partition coefficient (Wildman–Crippen LogP) is 5.37. The summed E-state index contributed by atoms with van der Waals surface area (Å²) in [4.78, 5) is 4.63. The van der Waals surface area contributed by atoms with Crippen molar-refractivity contribution in [2.75, 3.05) is 13.2 Å². The van der Waals surface area contributed by atoms with Crippen molar-refractivity contribution >= 4 is 17.4 Å². The van der Waals surface area contributed by atoms with Gasteiger partial charge >= 0.3 is 0 Å². The molecule has 0 aliphatic heterocycles. The van der Waals surface area contributed by atoms with Gasteiger partial charge in [-0.2, -0.15) is 0 Å². The molecule has 0 radical (unpaired) electrons. The Labute approximate surface area is 149 Å². The lowest BCUT2D eigenvalue weighted by Crippen LogP contribution is -2.07. The average Bonchev–Trinajstić information content (AvgIpc) is 2.54. The highest BCUT2D eigenvalue weighted by atomic mass is 35.5. The van der Waals surface area contributed by atoms with Gasteiger partial charge in [0.2, 0.25) is 0 Å². The van der Waals surface area contributed by atoms with Crippen molar-refractivity contribution in [2.24, 2.45) is 5.92 Å². The summed E-state index contributed by atoms with van der Waals surface area (Å²) in [5.74, 6) is 1.90. The van der Waals surface area contributed by atoms with Crippen molar-refractivity contribution in [3.05, 3.63) is 65.0 Å². The van der Waals surface area contributed by atoms with Gasteiger partial charge in [0, 0.05) is 22.7 Å². The average molecular weight is 346 g/mol. The van der Waals surface area contributed by atoms with Crippen LogP contribution in [0.5, 0.6) is 5.75 Å². The van der Waals surface area contributed by atoms with Crippen LogP contribution in [-0.4, -0.2) is 18.2 Å². The summed E-state index contributed by atoms with van der Waals surface area (Å²) in [6, 6.07) is 11.5. The molecule has 0 saturated heterocycles. The van der Waals surface area contributed by atoms with Crippen LogP contribution in [0.2, 0.25) is 5.02 Å². The fraction of sp³-hybridized carbons (Fsp3) is 0.350. The Morgan fingerprint density at radius 2 is 2.04 bits per heavy atom. The molecule has 24 heavy (non-hydrogen) atoms. The molecule has 1 aromatic heterocycles. The van der Waals surface area contributed by atoms with Crippen LogP contribution >= 0.6 is 11.6 Å². The van der Waals surface area contributed by atoms with Crippen LogP contribution in [0.4, 0.5) is 0 Å². The van der Waals surface area contributed by atoms with Crippen molar-refractivity contribution in [2.45, 2.75) is 27.2 Å². The van der Waals surface area contributed by atoms with E-state index < -0.39 is 0 Å². The molecule has 0 atom stereocenters. The molecular formula is C20H24ClNO2. The van der Waals surface area contributed by atoms with Gasteiger partial charge in [0.05, 0.1) is 13.2 Å². The third-order valence-electron chi connectivity index (χ3n) is 3.38. The molecule has 0 saturated carbocycles. The van der Waals surface area contributed by atoms with E-state index in [2.05, 4.69) is 25.4 Å². The van der Waals surface area contributed by atoms with Crippen LogP contribution in [0.25, 0.3) is 5.76 Å². The molecule has 0 fully saturated rings. The van der Waals surface area contributed by atoms with E-state index in [4.69, 9.17) is 21.1 Å². The van der Waals surface area contributed by atoms with Crippen LogP contribution in [0.15, 0.2) is 43.0 Å². The van der Waals surface area contributed by atoms with Crippen LogP contribution < -0.4 is 4.74 Å². The fourth-order valence-electron chi connectivity index (χ4n) is 2.26. The first-order valence-corrected chi connectivity index (χ1v) is 8.56. The zero-order chi connectivity index (χ0) is 17.5. The quantitative estimate of drug-likeness (QED) is 0.603. The van der Waals surface area contributed by atoms with Gasteiger partial charge < -0.3 is 9.47 Å². The number of halogens is 1. The minimum atomic E-state index is 0.462. The van der Waals surface area contributed by atoms with Gasteiger partial charge in [0.25, 0.3) is 0 Å². The van der Waals surface area contributed by atoms with E-state index in [1.165, 1.54) is 0 Å². The molecule has 0 aliphatic carbocycles. The third-order valence-corrected chi connectivity index (χ3v) is 3.61. The molecule has 0 bridgehead atoms. The maximum atomic E-state index is 6.16. The van der Waals surface area contributed by atoms with Crippen molar-refractivity contribution in [1.29, 1.82) is 0 Å². The summed E-state index contributed by atoms with van der Waals surface area (Å²) < 4.78 is 11.4. The Morgan fingerprint density at radius 3 is 2.75 bits per heavy atom. The lowest BCUT2D eigenvalue weighted by molar-refractivity contribution is 0.269. The zero-order valence-corrected chi connectivity index (χ0v) is 15.3. The fourth-order valence-corrected chi connectivity index (χ4v) is 2.45. The van der Waals surface area contributed by atoms with Crippen LogP contribution in [0.1, 0.15) is 37.7 Å². The van der Waals surface area contributed by atoms with E-state index >= 15 is 0 Å². The maximum Gasteiger partial charge on any atom is 0.137 e. The number of rotatable bonds is 8. The number of nitrogens with zero attached hydrogens (tertiary/aromatic N) is 1. The van der Waals surface area contributed by atoms with Crippen LogP contribution in [-0.2, 0) is 11.2 Å². The number of ether oxygens (including phenoxy) is 2. The van der Waals surface area contributed by atoms with Gasteiger partial charge in [-0.25, -0.2) is 4.98 Å². The Hall–Kier alpha value is -2.00. The highest BCUT2D eigenvalue weighted by molar-refractivity contribution is 6.30. The number of hydrogen-bond acceptors (Lipinski definition) is 3. The molecule has 0 aliphatic rings. The molecule has 0 unspecified atom stereocenters. The molecule has 1 aromatic carbocycles. The van der Waals surface area contributed by atoms with Gasteiger partial charge in [-0.1, -0.05) is 38.1 Å². The smallest absolute Gasteiger partial charge is 0.137 e. The molecule has 2 aromatic rings. The lowest BCUT2D eigenvalue weighted by atomic mass is 10.1. The molecule has 4 heteroatoms. The first-order valence-electron chi connectivity index (χ1n) is 8.18. The summed E-state index contributed by atoms with van der Waals surface area (Å²) in [7, 11) is 0. The van der Waals surface area contributed by atoms with E-state index in [1.54, 1.807) is 0 Å².